The number of aryl methyl sites for hydroxylation is 1. The lowest BCUT2D eigenvalue weighted by atomic mass is 10.1. The van der Waals surface area contributed by atoms with E-state index in [4.69, 9.17) is 4.52 Å². The second-order valence-corrected chi connectivity index (χ2v) is 6.19. The molecule has 2 aromatic rings. The third kappa shape index (κ3) is 4.36. The molecule has 24 heavy (non-hydrogen) atoms. The van der Waals surface area contributed by atoms with Crippen molar-refractivity contribution in [3.8, 4) is 0 Å². The van der Waals surface area contributed by atoms with Crippen LogP contribution in [0.1, 0.15) is 22.6 Å². The topological polar surface area (TPSA) is 32.5 Å². The number of nitrogens with zero attached hydrogens (tertiary/aromatic N) is 3. The summed E-state index contributed by atoms with van der Waals surface area (Å²) in [7, 11) is 0. The highest BCUT2D eigenvalue weighted by atomic mass is 19.4. The van der Waals surface area contributed by atoms with E-state index in [2.05, 4.69) is 15.0 Å². The maximum absolute atomic E-state index is 12.8. The maximum Gasteiger partial charge on any atom is 0.416 e. The van der Waals surface area contributed by atoms with Crippen molar-refractivity contribution in [2.24, 2.45) is 0 Å². The van der Waals surface area contributed by atoms with Gasteiger partial charge in [-0.2, -0.15) is 13.2 Å². The maximum atomic E-state index is 12.8. The Balaban J connectivity index is 1.52. The number of benzene rings is 1. The summed E-state index contributed by atoms with van der Waals surface area (Å²) in [4.78, 5) is 4.44. The van der Waals surface area contributed by atoms with Gasteiger partial charge in [0.2, 0.25) is 0 Å². The molecule has 3 rings (SSSR count). The molecule has 0 spiro atoms. The Kier molecular flexibility index (Phi) is 4.91. The number of hydrogen-bond donors (Lipinski definition) is 0. The predicted octanol–water partition coefficient (Wildman–Crippen LogP) is 3.32. The molecular weight excluding hydrogens is 319 g/mol. The Hall–Kier alpha value is -1.86. The molecule has 0 amide bonds. The molecule has 1 aromatic carbocycles. The predicted molar refractivity (Wildman–Crippen MR) is 83.2 cm³/mol. The monoisotopic (exact) mass is 339 g/mol. The van der Waals surface area contributed by atoms with Crippen molar-refractivity contribution in [1.82, 2.24) is 15.0 Å². The van der Waals surface area contributed by atoms with Gasteiger partial charge in [-0.3, -0.25) is 9.80 Å². The highest BCUT2D eigenvalue weighted by Gasteiger charge is 2.30. The van der Waals surface area contributed by atoms with Gasteiger partial charge in [-0.05, 0) is 18.6 Å². The number of halogens is 3. The lowest BCUT2D eigenvalue weighted by Crippen LogP contribution is -2.45. The molecule has 4 nitrogen and oxygen atoms in total. The third-order valence-corrected chi connectivity index (χ3v) is 4.18. The first-order valence-electron chi connectivity index (χ1n) is 7.93. The van der Waals surface area contributed by atoms with E-state index in [-0.39, 0.29) is 0 Å². The molecule has 130 valence electrons. The summed E-state index contributed by atoms with van der Waals surface area (Å²) in [5.74, 6) is 0.846. The second kappa shape index (κ2) is 6.94. The Bertz CT molecular complexity index is 676. The van der Waals surface area contributed by atoms with Crippen molar-refractivity contribution < 1.29 is 17.7 Å². The van der Waals surface area contributed by atoms with Crippen LogP contribution in [0.15, 0.2) is 34.9 Å². The molecule has 0 radical (unpaired) electrons. The third-order valence-electron chi connectivity index (χ3n) is 4.18. The molecular formula is C17H20F3N3O. The van der Waals surface area contributed by atoms with Gasteiger partial charge in [-0.25, -0.2) is 0 Å². The van der Waals surface area contributed by atoms with Crippen molar-refractivity contribution in [3.63, 3.8) is 0 Å². The fourth-order valence-corrected chi connectivity index (χ4v) is 2.92. The minimum Gasteiger partial charge on any atom is -0.360 e. The first-order chi connectivity index (χ1) is 11.4. The summed E-state index contributed by atoms with van der Waals surface area (Å²) in [6.07, 6.45) is -4.29. The summed E-state index contributed by atoms with van der Waals surface area (Å²) < 4.78 is 43.5. The van der Waals surface area contributed by atoms with Gasteiger partial charge >= 0.3 is 6.18 Å². The molecule has 0 aliphatic carbocycles. The molecule has 0 bridgehead atoms. The number of hydrogen-bond acceptors (Lipinski definition) is 4. The summed E-state index contributed by atoms with van der Waals surface area (Å²) in [6.45, 7) is 6.52. The van der Waals surface area contributed by atoms with Gasteiger partial charge in [-0.1, -0.05) is 23.4 Å². The molecule has 2 heterocycles. The van der Waals surface area contributed by atoms with Crippen LogP contribution in [0.2, 0.25) is 0 Å². The van der Waals surface area contributed by atoms with Crippen molar-refractivity contribution in [2.75, 3.05) is 26.2 Å². The molecule has 0 saturated carbocycles. The average molecular weight is 339 g/mol. The van der Waals surface area contributed by atoms with Crippen molar-refractivity contribution >= 4 is 0 Å². The van der Waals surface area contributed by atoms with Gasteiger partial charge in [0.15, 0.2) is 5.76 Å². The van der Waals surface area contributed by atoms with Crippen LogP contribution in [0.3, 0.4) is 0 Å². The molecule has 1 aliphatic heterocycles. The van der Waals surface area contributed by atoms with E-state index in [1.54, 1.807) is 6.07 Å². The van der Waals surface area contributed by atoms with Crippen molar-refractivity contribution in [1.29, 1.82) is 0 Å². The van der Waals surface area contributed by atoms with Crippen LogP contribution in [-0.2, 0) is 19.3 Å². The van der Waals surface area contributed by atoms with Crippen LogP contribution in [0, 0.1) is 6.92 Å². The molecule has 0 unspecified atom stereocenters. The Labute approximate surface area is 138 Å². The van der Waals surface area contributed by atoms with Crippen LogP contribution in [0.4, 0.5) is 13.2 Å². The van der Waals surface area contributed by atoms with E-state index in [9.17, 15) is 13.2 Å². The zero-order valence-corrected chi connectivity index (χ0v) is 13.5. The van der Waals surface area contributed by atoms with E-state index in [0.717, 1.165) is 50.2 Å². The minimum absolute atomic E-state index is 0.541. The smallest absolute Gasteiger partial charge is 0.360 e. The van der Waals surface area contributed by atoms with E-state index in [1.807, 2.05) is 13.0 Å². The molecule has 1 saturated heterocycles. The fraction of sp³-hybridized carbons (Fsp3) is 0.471. The van der Waals surface area contributed by atoms with Crippen LogP contribution in [0.25, 0.3) is 0 Å². The van der Waals surface area contributed by atoms with Gasteiger partial charge in [0, 0.05) is 38.8 Å². The number of alkyl halides is 3. The van der Waals surface area contributed by atoms with E-state index < -0.39 is 11.7 Å². The van der Waals surface area contributed by atoms with Gasteiger partial charge in [0.25, 0.3) is 0 Å². The summed E-state index contributed by atoms with van der Waals surface area (Å²) in [5.41, 5.74) is 0.983. The Morgan fingerprint density at radius 2 is 1.71 bits per heavy atom. The van der Waals surface area contributed by atoms with Crippen LogP contribution >= 0.6 is 0 Å². The Morgan fingerprint density at radius 1 is 1.04 bits per heavy atom. The molecule has 1 aliphatic rings. The minimum atomic E-state index is -4.29. The molecule has 0 atom stereocenters. The lowest BCUT2D eigenvalue weighted by Gasteiger charge is -2.34. The summed E-state index contributed by atoms with van der Waals surface area (Å²) in [5, 5.41) is 3.88. The highest BCUT2D eigenvalue weighted by Crippen LogP contribution is 2.29. The standard InChI is InChI=1S/C17H20F3N3O/c1-13-9-16(24-21-13)12-23-7-5-22(6-8-23)11-14-3-2-4-15(10-14)17(18,19)20/h2-4,9-10H,5-8,11-12H2,1H3. The van der Waals surface area contributed by atoms with Gasteiger partial charge in [-0.15, -0.1) is 0 Å². The lowest BCUT2D eigenvalue weighted by molar-refractivity contribution is -0.137. The van der Waals surface area contributed by atoms with Gasteiger partial charge in [0.1, 0.15) is 0 Å². The second-order valence-electron chi connectivity index (χ2n) is 6.19. The summed E-state index contributed by atoms with van der Waals surface area (Å²) >= 11 is 0. The van der Waals surface area contributed by atoms with Gasteiger partial charge in [0.05, 0.1) is 17.8 Å². The molecule has 0 N–H and O–H groups in total. The first kappa shape index (κ1) is 17.0. The fourth-order valence-electron chi connectivity index (χ4n) is 2.92. The average Bonchev–Trinajstić information content (AvgIpc) is 2.94. The van der Waals surface area contributed by atoms with Gasteiger partial charge < -0.3 is 4.52 Å². The Morgan fingerprint density at radius 3 is 2.29 bits per heavy atom. The highest BCUT2D eigenvalue weighted by molar-refractivity contribution is 5.25. The quantitative estimate of drug-likeness (QED) is 0.855. The zero-order chi connectivity index (χ0) is 17.2. The van der Waals surface area contributed by atoms with Crippen molar-refractivity contribution in [2.45, 2.75) is 26.2 Å². The number of piperazine rings is 1. The SMILES string of the molecule is Cc1cc(CN2CCN(Cc3cccc(C(F)(F)F)c3)CC2)on1. The molecule has 1 aromatic heterocycles. The number of rotatable bonds is 4. The van der Waals surface area contributed by atoms with Crippen LogP contribution < -0.4 is 0 Å². The van der Waals surface area contributed by atoms with Crippen LogP contribution in [0.5, 0.6) is 0 Å². The number of aromatic nitrogens is 1. The van der Waals surface area contributed by atoms with E-state index >= 15 is 0 Å². The first-order valence-corrected chi connectivity index (χ1v) is 7.93. The van der Waals surface area contributed by atoms with Crippen LogP contribution in [-0.4, -0.2) is 41.1 Å². The van der Waals surface area contributed by atoms with Crippen molar-refractivity contribution in [3.05, 3.63) is 52.9 Å². The molecule has 7 heteroatoms. The van der Waals surface area contributed by atoms with E-state index in [1.165, 1.54) is 12.1 Å². The normalized spacial score (nSPS) is 17.3. The van der Waals surface area contributed by atoms with E-state index in [0.29, 0.717) is 12.1 Å². The zero-order valence-electron chi connectivity index (χ0n) is 13.5. The summed E-state index contributed by atoms with van der Waals surface area (Å²) in [6, 6.07) is 7.50. The largest absolute Gasteiger partial charge is 0.416 e. The molecule has 1 fully saturated rings.